The van der Waals surface area contributed by atoms with Gasteiger partial charge in [0, 0.05) is 33.7 Å². The summed E-state index contributed by atoms with van der Waals surface area (Å²) in [6, 6.07) is 3.94. The smallest absolute Gasteiger partial charge is 0.296 e. The van der Waals surface area contributed by atoms with Gasteiger partial charge in [0.1, 0.15) is 29.9 Å². The summed E-state index contributed by atoms with van der Waals surface area (Å²) in [6.07, 6.45) is 3.07. The molecule has 0 aliphatic carbocycles. The number of aromatic hydroxyl groups is 1. The average molecular weight is 563 g/mol. The van der Waals surface area contributed by atoms with E-state index in [0.717, 1.165) is 4.31 Å². The van der Waals surface area contributed by atoms with Crippen molar-refractivity contribution in [1.29, 1.82) is 0 Å². The van der Waals surface area contributed by atoms with Crippen molar-refractivity contribution in [2.45, 2.75) is 31.5 Å². The number of amides is 1. The zero-order valence-electron chi connectivity index (χ0n) is 21.2. The average Bonchev–Trinajstić information content (AvgIpc) is 3.45. The number of aromatic nitrogens is 5. The van der Waals surface area contributed by atoms with Gasteiger partial charge in [0.2, 0.25) is 5.75 Å². The molecule has 0 saturated carbocycles. The molecular formula is C23H27FN8O6S. The quantitative estimate of drug-likeness (QED) is 0.411. The number of nitrogens with zero attached hydrogens (tertiary/aromatic N) is 7. The van der Waals surface area contributed by atoms with Gasteiger partial charge < -0.3 is 15.2 Å². The molecule has 1 saturated heterocycles. The molecule has 0 unspecified atom stereocenters. The molecule has 0 radical (unpaired) electrons. The van der Waals surface area contributed by atoms with E-state index in [1.807, 2.05) is 0 Å². The summed E-state index contributed by atoms with van der Waals surface area (Å²) in [6.45, 7) is 0.431. The lowest BCUT2D eigenvalue weighted by molar-refractivity contribution is -0.110. The molecule has 16 heteroatoms. The number of benzene rings is 1. The summed E-state index contributed by atoms with van der Waals surface area (Å²) in [4.78, 5) is 34.4. The highest BCUT2D eigenvalue weighted by molar-refractivity contribution is 7.86. The molecular weight excluding hydrogens is 535 g/mol. The Balaban J connectivity index is 1.42. The lowest BCUT2D eigenvalue weighted by Gasteiger charge is -2.44. The molecule has 14 nitrogen and oxygen atoms in total. The Morgan fingerprint density at radius 1 is 1.26 bits per heavy atom. The second-order valence-corrected chi connectivity index (χ2v) is 11.6. The van der Waals surface area contributed by atoms with Crippen molar-refractivity contribution in [3.63, 3.8) is 0 Å². The predicted molar refractivity (Wildman–Crippen MR) is 134 cm³/mol. The maximum atomic E-state index is 13.9. The Labute approximate surface area is 222 Å². The number of carbonyl (C=O) groups is 1. The number of hydrogen-bond donors (Lipinski definition) is 2. The minimum absolute atomic E-state index is 0.0904. The monoisotopic (exact) mass is 562 g/mol. The molecule has 1 amide bonds. The van der Waals surface area contributed by atoms with Crippen LogP contribution in [0.3, 0.4) is 0 Å². The maximum absolute atomic E-state index is 13.9. The van der Waals surface area contributed by atoms with Gasteiger partial charge in [-0.3, -0.25) is 14.2 Å². The van der Waals surface area contributed by atoms with Crippen LogP contribution in [-0.4, -0.2) is 86.1 Å². The molecule has 2 aromatic heterocycles. The summed E-state index contributed by atoms with van der Waals surface area (Å²) >= 11 is 0. The third-order valence-corrected chi connectivity index (χ3v) is 8.87. The molecule has 0 atom stereocenters. The van der Waals surface area contributed by atoms with E-state index in [4.69, 9.17) is 4.74 Å². The largest absolute Gasteiger partial charge is 0.501 e. The molecule has 5 rings (SSSR count). The number of carbonyl (C=O) groups excluding carboxylic acids is 1. The van der Waals surface area contributed by atoms with E-state index < -0.39 is 44.5 Å². The van der Waals surface area contributed by atoms with Crippen molar-refractivity contribution >= 4 is 16.1 Å². The topological polar surface area (TPSA) is 165 Å². The first-order valence-electron chi connectivity index (χ1n) is 12.1. The number of piperidine rings is 1. The molecule has 2 aliphatic heterocycles. The molecule has 208 valence electrons. The second kappa shape index (κ2) is 10.1. The van der Waals surface area contributed by atoms with Gasteiger partial charge in [0.15, 0.2) is 5.69 Å². The lowest BCUT2D eigenvalue weighted by atomic mass is 9.89. The highest BCUT2D eigenvalue weighted by Gasteiger charge is 2.46. The van der Waals surface area contributed by atoms with Crippen molar-refractivity contribution in [3.8, 4) is 11.4 Å². The molecule has 1 fully saturated rings. The van der Waals surface area contributed by atoms with Crippen LogP contribution in [0.15, 0.2) is 35.6 Å². The van der Waals surface area contributed by atoms with Gasteiger partial charge in [-0.05, 0) is 30.5 Å². The standard InChI is InChI=1S/C23H27FN8O6S/c1-29(2)39(36,37)30-7-5-23(6-8-30)22-28-18(19(33)21(35)31(22)9-10-38-23)20(34)26-12-15-3-4-16(24)11-17(15)32-14-25-13-27-32/h3-4,11,13-14,33H,5-10,12H2,1-2H3,(H,26,34). The van der Waals surface area contributed by atoms with Crippen LogP contribution < -0.4 is 10.9 Å². The summed E-state index contributed by atoms with van der Waals surface area (Å²) in [5.74, 6) is -1.98. The van der Waals surface area contributed by atoms with E-state index in [1.54, 1.807) is 0 Å². The molecule has 2 N–H and O–H groups in total. The Kier molecular flexibility index (Phi) is 6.96. The minimum Gasteiger partial charge on any atom is -0.501 e. The number of hydrogen-bond acceptors (Lipinski definition) is 9. The summed E-state index contributed by atoms with van der Waals surface area (Å²) in [5, 5.41) is 17.2. The van der Waals surface area contributed by atoms with Gasteiger partial charge in [-0.15, -0.1) is 0 Å². The van der Waals surface area contributed by atoms with Crippen LogP contribution in [0.1, 0.15) is 34.7 Å². The minimum atomic E-state index is -3.64. The zero-order chi connectivity index (χ0) is 27.9. The summed E-state index contributed by atoms with van der Waals surface area (Å²) < 4.78 is 50.2. The van der Waals surface area contributed by atoms with Crippen LogP contribution in [0.4, 0.5) is 4.39 Å². The van der Waals surface area contributed by atoms with Gasteiger partial charge in [-0.25, -0.2) is 19.0 Å². The van der Waals surface area contributed by atoms with Crippen molar-refractivity contribution in [2.24, 2.45) is 0 Å². The van der Waals surface area contributed by atoms with Crippen molar-refractivity contribution < 1.29 is 27.4 Å². The number of fused-ring (bicyclic) bond motifs is 2. The van der Waals surface area contributed by atoms with E-state index >= 15 is 0 Å². The normalized spacial score (nSPS) is 17.3. The molecule has 39 heavy (non-hydrogen) atoms. The first kappa shape index (κ1) is 26.9. The second-order valence-electron chi connectivity index (χ2n) is 9.42. The first-order chi connectivity index (χ1) is 18.5. The van der Waals surface area contributed by atoms with Gasteiger partial charge >= 0.3 is 0 Å². The van der Waals surface area contributed by atoms with Crippen molar-refractivity contribution in [2.75, 3.05) is 33.8 Å². The van der Waals surface area contributed by atoms with Crippen LogP contribution in [-0.2, 0) is 33.6 Å². The lowest BCUT2D eigenvalue weighted by Crippen LogP contribution is -2.53. The highest BCUT2D eigenvalue weighted by Crippen LogP contribution is 2.39. The maximum Gasteiger partial charge on any atom is 0.296 e. The Bertz CT molecular complexity index is 1570. The van der Waals surface area contributed by atoms with Crippen LogP contribution in [0, 0.1) is 5.82 Å². The Hall–Kier alpha value is -3.73. The van der Waals surface area contributed by atoms with Gasteiger partial charge in [-0.1, -0.05) is 6.07 Å². The zero-order valence-corrected chi connectivity index (χ0v) is 22.1. The van der Waals surface area contributed by atoms with Crippen LogP contribution >= 0.6 is 0 Å². The molecule has 1 aromatic carbocycles. The van der Waals surface area contributed by atoms with E-state index in [2.05, 4.69) is 20.4 Å². The Morgan fingerprint density at radius 3 is 2.67 bits per heavy atom. The fourth-order valence-corrected chi connectivity index (χ4v) is 5.93. The number of nitrogens with one attached hydrogen (secondary N) is 1. The van der Waals surface area contributed by atoms with E-state index in [1.165, 1.54) is 58.5 Å². The van der Waals surface area contributed by atoms with Gasteiger partial charge in [0.25, 0.3) is 21.7 Å². The van der Waals surface area contributed by atoms with Crippen LogP contribution in [0.25, 0.3) is 5.69 Å². The predicted octanol–water partition coefficient (Wildman–Crippen LogP) is -0.274. The van der Waals surface area contributed by atoms with Crippen molar-refractivity contribution in [3.05, 3.63) is 64.1 Å². The summed E-state index contributed by atoms with van der Waals surface area (Å²) in [7, 11) is -0.749. The SMILES string of the molecule is CN(C)S(=O)(=O)N1CCC2(CC1)OCCn1c2nc(C(=O)NCc2ccc(F)cc2-n2cncn2)c(O)c1=O. The fraction of sp³-hybridized carbons (Fsp3) is 0.435. The third-order valence-electron chi connectivity index (χ3n) is 6.93. The molecule has 2 aliphatic rings. The number of ether oxygens (including phenoxy) is 1. The first-order valence-corrected chi connectivity index (χ1v) is 13.5. The highest BCUT2D eigenvalue weighted by atomic mass is 32.2. The van der Waals surface area contributed by atoms with E-state index in [9.17, 15) is 27.5 Å². The third kappa shape index (κ3) is 4.80. The van der Waals surface area contributed by atoms with Crippen LogP contribution in [0.5, 0.6) is 5.75 Å². The number of halogens is 1. The molecule has 1 spiro atoms. The molecule has 0 bridgehead atoms. The van der Waals surface area contributed by atoms with Gasteiger partial charge in [-0.2, -0.15) is 22.1 Å². The summed E-state index contributed by atoms with van der Waals surface area (Å²) in [5.41, 5.74) is -1.53. The van der Waals surface area contributed by atoms with Crippen molar-refractivity contribution in [1.82, 2.24) is 38.2 Å². The van der Waals surface area contributed by atoms with Crippen LogP contribution in [0.2, 0.25) is 0 Å². The van der Waals surface area contributed by atoms with Gasteiger partial charge in [0.05, 0.1) is 18.8 Å². The van der Waals surface area contributed by atoms with E-state index in [0.29, 0.717) is 11.3 Å². The fourth-order valence-electron chi connectivity index (χ4n) is 4.82. The van der Waals surface area contributed by atoms with E-state index in [-0.39, 0.29) is 51.5 Å². The Morgan fingerprint density at radius 2 is 2.00 bits per heavy atom. The molecule has 4 heterocycles. The molecule has 3 aromatic rings. The number of rotatable bonds is 6.